The molecule has 0 spiro atoms. The molecule has 6 nitrogen and oxygen atoms in total. The van der Waals surface area contributed by atoms with E-state index in [2.05, 4.69) is 15.6 Å². The number of benzene rings is 2. The SMILES string of the molecule is CC(C)Oc1ccccc1NC(=O)CNC(=O)Cc1c[nH]c2ccccc12. The zero-order valence-electron chi connectivity index (χ0n) is 15.4. The molecule has 0 atom stereocenters. The van der Waals surface area contributed by atoms with E-state index in [1.807, 2.05) is 56.4 Å². The number of ether oxygens (including phenoxy) is 1. The normalized spacial score (nSPS) is 10.8. The van der Waals surface area contributed by atoms with E-state index in [-0.39, 0.29) is 30.9 Å². The fraction of sp³-hybridized carbons (Fsp3) is 0.238. The molecule has 0 bridgehead atoms. The van der Waals surface area contributed by atoms with Crippen molar-refractivity contribution < 1.29 is 14.3 Å². The van der Waals surface area contributed by atoms with Gasteiger partial charge in [0.05, 0.1) is 24.8 Å². The third-order valence-corrected chi connectivity index (χ3v) is 4.00. The van der Waals surface area contributed by atoms with E-state index in [1.54, 1.807) is 12.1 Å². The number of carbonyl (C=O) groups is 2. The van der Waals surface area contributed by atoms with Gasteiger partial charge in [-0.05, 0) is 37.6 Å². The largest absolute Gasteiger partial charge is 0.489 e. The number of H-pyrrole nitrogens is 1. The molecular formula is C21H23N3O3. The molecule has 3 aromatic rings. The minimum atomic E-state index is -0.304. The third kappa shape index (κ3) is 4.88. The van der Waals surface area contributed by atoms with Crippen LogP contribution in [0.4, 0.5) is 5.69 Å². The Morgan fingerprint density at radius 3 is 2.59 bits per heavy atom. The summed E-state index contributed by atoms with van der Waals surface area (Å²) in [5, 5.41) is 6.45. The van der Waals surface area contributed by atoms with Crippen molar-refractivity contribution in [2.45, 2.75) is 26.4 Å². The molecule has 1 aromatic heterocycles. The zero-order valence-corrected chi connectivity index (χ0v) is 15.4. The Labute approximate surface area is 157 Å². The first-order valence-corrected chi connectivity index (χ1v) is 8.90. The third-order valence-electron chi connectivity index (χ3n) is 4.00. The monoisotopic (exact) mass is 365 g/mol. The number of aromatic amines is 1. The van der Waals surface area contributed by atoms with Crippen molar-refractivity contribution in [3.8, 4) is 5.75 Å². The molecule has 0 radical (unpaired) electrons. The van der Waals surface area contributed by atoms with Crippen molar-refractivity contribution in [3.05, 3.63) is 60.3 Å². The number of carbonyl (C=O) groups excluding carboxylic acids is 2. The van der Waals surface area contributed by atoms with Crippen molar-refractivity contribution in [1.29, 1.82) is 0 Å². The molecule has 0 unspecified atom stereocenters. The fourth-order valence-electron chi connectivity index (χ4n) is 2.81. The molecule has 6 heteroatoms. The van der Waals surface area contributed by atoms with Crippen molar-refractivity contribution >= 4 is 28.4 Å². The van der Waals surface area contributed by atoms with E-state index < -0.39 is 0 Å². The van der Waals surface area contributed by atoms with Gasteiger partial charge in [0.15, 0.2) is 0 Å². The number of hydrogen-bond acceptors (Lipinski definition) is 3. The first-order chi connectivity index (χ1) is 13.0. The predicted octanol–water partition coefficient (Wildman–Crippen LogP) is 3.25. The van der Waals surface area contributed by atoms with Crippen molar-refractivity contribution in [2.24, 2.45) is 0 Å². The molecule has 27 heavy (non-hydrogen) atoms. The van der Waals surface area contributed by atoms with Crippen LogP contribution in [0.1, 0.15) is 19.4 Å². The minimum Gasteiger partial charge on any atom is -0.489 e. The van der Waals surface area contributed by atoms with Crippen molar-refractivity contribution in [3.63, 3.8) is 0 Å². The van der Waals surface area contributed by atoms with Gasteiger partial charge in [-0.1, -0.05) is 30.3 Å². The molecule has 0 aliphatic carbocycles. The van der Waals surface area contributed by atoms with Gasteiger partial charge >= 0.3 is 0 Å². The smallest absolute Gasteiger partial charge is 0.243 e. The van der Waals surface area contributed by atoms with Crippen LogP contribution in [-0.4, -0.2) is 29.4 Å². The quantitative estimate of drug-likeness (QED) is 0.601. The highest BCUT2D eigenvalue weighted by atomic mass is 16.5. The molecular weight excluding hydrogens is 342 g/mol. The van der Waals surface area contributed by atoms with Gasteiger partial charge in [0.1, 0.15) is 5.75 Å². The summed E-state index contributed by atoms with van der Waals surface area (Å²) in [7, 11) is 0. The molecule has 0 fully saturated rings. The summed E-state index contributed by atoms with van der Waals surface area (Å²) in [5.74, 6) is 0.0923. The fourth-order valence-corrected chi connectivity index (χ4v) is 2.81. The van der Waals surface area contributed by atoms with Crippen LogP contribution < -0.4 is 15.4 Å². The number of hydrogen-bond donors (Lipinski definition) is 3. The average Bonchev–Trinajstić information content (AvgIpc) is 3.04. The lowest BCUT2D eigenvalue weighted by Gasteiger charge is -2.15. The van der Waals surface area contributed by atoms with Gasteiger partial charge in [-0.15, -0.1) is 0 Å². The van der Waals surface area contributed by atoms with E-state index in [0.29, 0.717) is 11.4 Å². The van der Waals surface area contributed by atoms with Crippen molar-refractivity contribution in [2.75, 3.05) is 11.9 Å². The number of fused-ring (bicyclic) bond motifs is 1. The number of para-hydroxylation sites is 3. The second-order valence-electron chi connectivity index (χ2n) is 6.52. The maximum absolute atomic E-state index is 12.2. The van der Waals surface area contributed by atoms with E-state index >= 15 is 0 Å². The summed E-state index contributed by atoms with van der Waals surface area (Å²) < 4.78 is 5.68. The number of aromatic nitrogens is 1. The lowest BCUT2D eigenvalue weighted by Crippen LogP contribution is -2.33. The van der Waals surface area contributed by atoms with Crippen LogP contribution >= 0.6 is 0 Å². The molecule has 2 amide bonds. The summed E-state index contributed by atoms with van der Waals surface area (Å²) in [4.78, 5) is 27.5. The standard InChI is InChI=1S/C21H23N3O3/c1-14(2)27-19-10-6-5-9-18(19)24-21(26)13-23-20(25)11-15-12-22-17-8-4-3-7-16(15)17/h3-10,12,14,22H,11,13H2,1-2H3,(H,23,25)(H,24,26). The average molecular weight is 365 g/mol. The number of nitrogens with one attached hydrogen (secondary N) is 3. The Bertz CT molecular complexity index is 947. The Morgan fingerprint density at radius 2 is 1.78 bits per heavy atom. The summed E-state index contributed by atoms with van der Waals surface area (Å²) in [5.41, 5.74) is 2.47. The topological polar surface area (TPSA) is 83.2 Å². The molecule has 140 valence electrons. The summed E-state index contributed by atoms with van der Waals surface area (Å²) in [6, 6.07) is 15.0. The first-order valence-electron chi connectivity index (χ1n) is 8.90. The van der Waals surface area contributed by atoms with Gasteiger partial charge in [-0.3, -0.25) is 9.59 Å². The van der Waals surface area contributed by atoms with E-state index in [4.69, 9.17) is 4.74 Å². The van der Waals surface area contributed by atoms with Crippen LogP contribution in [0, 0.1) is 0 Å². The molecule has 3 N–H and O–H groups in total. The predicted molar refractivity (Wildman–Crippen MR) is 106 cm³/mol. The van der Waals surface area contributed by atoms with E-state index in [0.717, 1.165) is 16.5 Å². The lowest BCUT2D eigenvalue weighted by atomic mass is 10.1. The summed E-state index contributed by atoms with van der Waals surface area (Å²) in [6.45, 7) is 3.74. The van der Waals surface area contributed by atoms with Crippen molar-refractivity contribution in [1.82, 2.24) is 10.3 Å². The molecule has 1 heterocycles. The second kappa shape index (κ2) is 8.40. The van der Waals surface area contributed by atoms with Gasteiger partial charge in [0, 0.05) is 17.1 Å². The molecule has 3 rings (SSSR count). The Kier molecular flexibility index (Phi) is 5.76. The minimum absolute atomic E-state index is 0.000992. The van der Waals surface area contributed by atoms with Gasteiger partial charge in [0.25, 0.3) is 0 Å². The zero-order chi connectivity index (χ0) is 19.2. The molecule has 0 aliphatic rings. The van der Waals surface area contributed by atoms with Crippen LogP contribution in [0.3, 0.4) is 0 Å². The maximum atomic E-state index is 12.2. The van der Waals surface area contributed by atoms with E-state index in [1.165, 1.54) is 0 Å². The maximum Gasteiger partial charge on any atom is 0.243 e. The van der Waals surface area contributed by atoms with Crippen LogP contribution in [0.5, 0.6) is 5.75 Å². The second-order valence-corrected chi connectivity index (χ2v) is 6.52. The summed E-state index contributed by atoms with van der Waals surface area (Å²) >= 11 is 0. The molecule has 2 aromatic carbocycles. The van der Waals surface area contributed by atoms with Gasteiger partial charge in [0.2, 0.25) is 11.8 Å². The molecule has 0 saturated carbocycles. The highest BCUT2D eigenvalue weighted by Gasteiger charge is 2.12. The molecule has 0 aliphatic heterocycles. The van der Waals surface area contributed by atoms with Crippen LogP contribution in [-0.2, 0) is 16.0 Å². The first kappa shape index (κ1) is 18.5. The number of amides is 2. The Hall–Kier alpha value is -3.28. The number of anilines is 1. The lowest BCUT2D eigenvalue weighted by molar-refractivity contribution is -0.123. The van der Waals surface area contributed by atoms with Crippen LogP contribution in [0.15, 0.2) is 54.7 Å². The summed E-state index contributed by atoms with van der Waals surface area (Å²) in [6.07, 6.45) is 2.03. The van der Waals surface area contributed by atoms with Crippen LogP contribution in [0.2, 0.25) is 0 Å². The van der Waals surface area contributed by atoms with Crippen LogP contribution in [0.25, 0.3) is 10.9 Å². The molecule has 0 saturated heterocycles. The van der Waals surface area contributed by atoms with Gasteiger partial charge < -0.3 is 20.4 Å². The van der Waals surface area contributed by atoms with Gasteiger partial charge in [-0.2, -0.15) is 0 Å². The Morgan fingerprint density at radius 1 is 1.04 bits per heavy atom. The number of rotatable bonds is 7. The Balaban J connectivity index is 1.54. The highest BCUT2D eigenvalue weighted by molar-refractivity contribution is 5.96. The van der Waals surface area contributed by atoms with E-state index in [9.17, 15) is 9.59 Å². The van der Waals surface area contributed by atoms with Gasteiger partial charge in [-0.25, -0.2) is 0 Å². The highest BCUT2D eigenvalue weighted by Crippen LogP contribution is 2.24.